The van der Waals surface area contributed by atoms with Gasteiger partial charge in [0.2, 0.25) is 5.91 Å². The van der Waals surface area contributed by atoms with Crippen molar-refractivity contribution in [2.45, 2.75) is 32.7 Å². The van der Waals surface area contributed by atoms with Gasteiger partial charge in [0.1, 0.15) is 0 Å². The van der Waals surface area contributed by atoms with E-state index in [1.807, 2.05) is 53.7 Å². The number of ether oxygens (including phenoxy) is 1. The Bertz CT molecular complexity index is 1240. The summed E-state index contributed by atoms with van der Waals surface area (Å²) in [6.07, 6.45) is 5.24. The lowest BCUT2D eigenvalue weighted by Crippen LogP contribution is -2.37. The summed E-state index contributed by atoms with van der Waals surface area (Å²) in [5, 5.41) is 10.4. The highest BCUT2D eigenvalue weighted by molar-refractivity contribution is 7.09. The fourth-order valence-corrected chi connectivity index (χ4v) is 4.93. The molecule has 8 nitrogen and oxygen atoms in total. The maximum absolute atomic E-state index is 13.3. The van der Waals surface area contributed by atoms with Crippen molar-refractivity contribution in [2.75, 3.05) is 19.6 Å². The van der Waals surface area contributed by atoms with Crippen LogP contribution < -0.4 is 0 Å². The van der Waals surface area contributed by atoms with E-state index in [4.69, 9.17) is 4.74 Å². The number of aromatic nitrogens is 4. The first kappa shape index (κ1) is 23.3. The average molecular weight is 489 g/mol. The Balaban J connectivity index is 1.34. The normalized spacial score (nSPS) is 17.0. The molecule has 5 rings (SSSR count). The van der Waals surface area contributed by atoms with Crippen LogP contribution in [0.1, 0.15) is 21.8 Å². The Morgan fingerprint density at radius 1 is 1.11 bits per heavy atom. The maximum Gasteiger partial charge on any atom is 0.237 e. The molecule has 1 saturated heterocycles. The number of thiazole rings is 1. The molecule has 0 radical (unpaired) electrons. The molecule has 180 valence electrons. The third-order valence-corrected chi connectivity index (χ3v) is 6.85. The fraction of sp³-hybridized carbons (Fsp3) is 0.308. The molecular formula is C26H28N6O2S. The van der Waals surface area contributed by atoms with E-state index in [2.05, 4.69) is 37.2 Å². The van der Waals surface area contributed by atoms with Crippen molar-refractivity contribution in [3.05, 3.63) is 88.3 Å². The van der Waals surface area contributed by atoms with E-state index in [9.17, 15) is 4.79 Å². The molecule has 1 unspecified atom stereocenters. The number of amides is 1. The highest BCUT2D eigenvalue weighted by atomic mass is 32.1. The Morgan fingerprint density at radius 2 is 1.94 bits per heavy atom. The lowest BCUT2D eigenvalue weighted by molar-refractivity contribution is -0.132. The molecule has 1 fully saturated rings. The molecule has 1 aromatic carbocycles. The van der Waals surface area contributed by atoms with E-state index in [1.54, 1.807) is 23.7 Å². The Kier molecular flexibility index (Phi) is 7.27. The second-order valence-corrected chi connectivity index (χ2v) is 9.79. The van der Waals surface area contributed by atoms with Crippen molar-refractivity contribution in [1.82, 2.24) is 30.0 Å². The number of aryl methyl sites for hydroxylation is 1. The number of hydrogen-bond acceptors (Lipinski definition) is 7. The largest absolute Gasteiger partial charge is 0.370 e. The molecule has 4 aromatic rings. The number of aromatic amines is 1. The number of hydrogen-bond donors (Lipinski definition) is 1. The van der Waals surface area contributed by atoms with Crippen LogP contribution in [0.2, 0.25) is 0 Å². The van der Waals surface area contributed by atoms with E-state index in [0.29, 0.717) is 39.3 Å². The third kappa shape index (κ3) is 6.00. The second kappa shape index (κ2) is 10.9. The zero-order valence-electron chi connectivity index (χ0n) is 19.6. The molecule has 4 heterocycles. The molecule has 1 N–H and O–H groups in total. The van der Waals surface area contributed by atoms with Crippen LogP contribution in [0.15, 0.2) is 66.4 Å². The van der Waals surface area contributed by atoms with Crippen LogP contribution in [0.3, 0.4) is 0 Å². The fourth-order valence-electron chi connectivity index (χ4n) is 4.32. The average Bonchev–Trinajstić information content (AvgIpc) is 3.48. The molecule has 0 aliphatic carbocycles. The van der Waals surface area contributed by atoms with Gasteiger partial charge in [0, 0.05) is 43.0 Å². The number of nitrogens with one attached hydrogen (secondary N) is 1. The van der Waals surface area contributed by atoms with Gasteiger partial charge in [-0.15, -0.1) is 11.3 Å². The molecular weight excluding hydrogens is 460 g/mol. The molecule has 0 spiro atoms. The number of carbonyl (C=O) groups is 1. The summed E-state index contributed by atoms with van der Waals surface area (Å²) >= 11 is 1.60. The van der Waals surface area contributed by atoms with Gasteiger partial charge in [-0.1, -0.05) is 30.3 Å². The van der Waals surface area contributed by atoms with Crippen molar-refractivity contribution in [1.29, 1.82) is 0 Å². The first-order chi connectivity index (χ1) is 17.1. The van der Waals surface area contributed by atoms with Crippen molar-refractivity contribution >= 4 is 17.2 Å². The molecule has 1 atom stereocenters. The van der Waals surface area contributed by atoms with E-state index in [0.717, 1.165) is 33.1 Å². The standard InChI is InChI=1S/C26H28N6O2S/c1-19-29-23(18-35-19)13-32-15-24(34-17-20-7-9-27-10-8-20)14-31(16-25(32)33)12-22-11-28-30-26(22)21-5-3-2-4-6-21/h2-11,18,24H,12-17H2,1H3,(H,28,30). The van der Waals surface area contributed by atoms with Crippen LogP contribution in [0.5, 0.6) is 0 Å². The van der Waals surface area contributed by atoms with Crippen molar-refractivity contribution in [2.24, 2.45) is 0 Å². The lowest BCUT2D eigenvalue weighted by atomic mass is 10.1. The van der Waals surface area contributed by atoms with Crippen LogP contribution >= 0.6 is 11.3 Å². The van der Waals surface area contributed by atoms with Crippen LogP contribution in [0.25, 0.3) is 11.3 Å². The third-order valence-electron chi connectivity index (χ3n) is 6.03. The van der Waals surface area contributed by atoms with Crippen LogP contribution in [-0.4, -0.2) is 61.6 Å². The lowest BCUT2D eigenvalue weighted by Gasteiger charge is -2.24. The Hall–Kier alpha value is -3.40. The van der Waals surface area contributed by atoms with E-state index in [1.165, 1.54) is 0 Å². The monoisotopic (exact) mass is 488 g/mol. The molecule has 3 aromatic heterocycles. The van der Waals surface area contributed by atoms with Gasteiger partial charge in [0.25, 0.3) is 0 Å². The molecule has 1 aliphatic rings. The van der Waals surface area contributed by atoms with Crippen molar-refractivity contribution in [3.63, 3.8) is 0 Å². The smallest absolute Gasteiger partial charge is 0.237 e. The molecule has 9 heteroatoms. The number of H-pyrrole nitrogens is 1. The van der Waals surface area contributed by atoms with E-state index in [-0.39, 0.29) is 12.0 Å². The van der Waals surface area contributed by atoms with Crippen LogP contribution in [-0.2, 0) is 29.2 Å². The van der Waals surface area contributed by atoms with Gasteiger partial charge < -0.3 is 9.64 Å². The first-order valence-electron chi connectivity index (χ1n) is 11.6. The van der Waals surface area contributed by atoms with E-state index < -0.39 is 0 Å². The van der Waals surface area contributed by atoms with Gasteiger partial charge in [-0.05, 0) is 30.2 Å². The van der Waals surface area contributed by atoms with Gasteiger partial charge in [-0.2, -0.15) is 5.10 Å². The number of benzene rings is 1. The minimum Gasteiger partial charge on any atom is -0.370 e. The summed E-state index contributed by atoms with van der Waals surface area (Å²) in [5.41, 5.74) is 5.09. The predicted octanol–water partition coefficient (Wildman–Crippen LogP) is 3.67. The topological polar surface area (TPSA) is 87.2 Å². The van der Waals surface area contributed by atoms with Crippen molar-refractivity contribution < 1.29 is 9.53 Å². The number of pyridine rings is 1. The Labute approximate surface area is 208 Å². The molecule has 1 aliphatic heterocycles. The minimum atomic E-state index is -0.138. The molecule has 0 bridgehead atoms. The number of nitrogens with zero attached hydrogens (tertiary/aromatic N) is 5. The summed E-state index contributed by atoms with van der Waals surface area (Å²) < 4.78 is 6.33. The van der Waals surface area contributed by atoms with Gasteiger partial charge in [0.05, 0.1) is 48.4 Å². The number of carbonyl (C=O) groups excluding carboxylic acids is 1. The summed E-state index contributed by atoms with van der Waals surface area (Å²) in [6, 6.07) is 14.0. The minimum absolute atomic E-state index is 0.0791. The summed E-state index contributed by atoms with van der Waals surface area (Å²) in [6.45, 7) is 5.03. The van der Waals surface area contributed by atoms with Gasteiger partial charge in [0.15, 0.2) is 0 Å². The quantitative estimate of drug-likeness (QED) is 0.407. The van der Waals surface area contributed by atoms with Crippen LogP contribution in [0.4, 0.5) is 0 Å². The zero-order chi connectivity index (χ0) is 24.0. The number of rotatable bonds is 8. The van der Waals surface area contributed by atoms with Gasteiger partial charge >= 0.3 is 0 Å². The molecule has 1 amide bonds. The molecule has 35 heavy (non-hydrogen) atoms. The van der Waals surface area contributed by atoms with Crippen molar-refractivity contribution in [3.8, 4) is 11.3 Å². The van der Waals surface area contributed by atoms with Gasteiger partial charge in [-0.25, -0.2) is 4.98 Å². The maximum atomic E-state index is 13.3. The Morgan fingerprint density at radius 3 is 2.71 bits per heavy atom. The van der Waals surface area contributed by atoms with E-state index >= 15 is 0 Å². The first-order valence-corrected chi connectivity index (χ1v) is 12.5. The highest BCUT2D eigenvalue weighted by Crippen LogP contribution is 2.23. The summed E-state index contributed by atoms with van der Waals surface area (Å²) in [5.74, 6) is 0.0791. The zero-order valence-corrected chi connectivity index (χ0v) is 20.4. The SMILES string of the molecule is Cc1nc(CN2CC(OCc3ccncc3)CN(Cc3cn[nH]c3-c3ccccc3)CC2=O)cs1. The highest BCUT2D eigenvalue weighted by Gasteiger charge is 2.29. The van der Waals surface area contributed by atoms with Gasteiger partial charge in [-0.3, -0.25) is 19.8 Å². The second-order valence-electron chi connectivity index (χ2n) is 8.73. The van der Waals surface area contributed by atoms with Crippen LogP contribution in [0, 0.1) is 6.92 Å². The summed E-state index contributed by atoms with van der Waals surface area (Å²) in [7, 11) is 0. The predicted molar refractivity (Wildman–Crippen MR) is 134 cm³/mol. The summed E-state index contributed by atoms with van der Waals surface area (Å²) in [4.78, 5) is 26.0. The molecule has 0 saturated carbocycles.